The molecular weight excluding hydrogens is 831 g/mol. The van der Waals surface area contributed by atoms with Gasteiger partial charge in [0.25, 0.3) is 0 Å². The standard InChI is InChI=1S/C29H53NO8.C18H34N2O6/c1-37-22-23-38-21-20-30-27(32)19-18-25(29(35)36)24-26(31)16-14-12-10-8-6-4-2-3-5-7-9-11-13-15-17-28(33)34;1-3-15(22)7-6-10-25-11-12-26-14-18(24)20-9-5-4-8-16(19-2)17(23)13-21/h25H,2-24H2,1H3,(H,30,32)(H,33,34)(H,35,36);16,19,21H,3-14H2,1-2H3,(H,20,24)/t25-;16-/m10/s1. The molecule has 0 heterocycles. The minimum absolute atomic E-state index is 0.00885. The van der Waals surface area contributed by atoms with Gasteiger partial charge in [-0.1, -0.05) is 84.0 Å². The highest BCUT2D eigenvalue weighted by Gasteiger charge is 2.22. The number of ketones is 3. The quantitative estimate of drug-likeness (QED) is 0.0398. The Morgan fingerprint density at radius 1 is 0.531 bits per heavy atom. The van der Waals surface area contributed by atoms with E-state index in [1.54, 1.807) is 14.2 Å². The molecule has 0 saturated carbocycles. The lowest BCUT2D eigenvalue weighted by Gasteiger charge is -2.13. The molecule has 0 aliphatic heterocycles. The summed E-state index contributed by atoms with van der Waals surface area (Å²) in [6.07, 6.45) is 20.6. The Labute approximate surface area is 383 Å². The summed E-state index contributed by atoms with van der Waals surface area (Å²) in [6, 6.07) is -0.334. The van der Waals surface area contributed by atoms with Gasteiger partial charge in [-0.2, -0.15) is 0 Å². The predicted molar refractivity (Wildman–Crippen MR) is 245 cm³/mol. The minimum atomic E-state index is -1.02. The number of aliphatic hydroxyl groups excluding tert-OH is 1. The smallest absolute Gasteiger partial charge is 0.306 e. The van der Waals surface area contributed by atoms with Crippen molar-refractivity contribution in [2.24, 2.45) is 5.92 Å². The van der Waals surface area contributed by atoms with Crippen molar-refractivity contribution >= 4 is 41.1 Å². The van der Waals surface area contributed by atoms with E-state index in [2.05, 4.69) is 16.0 Å². The summed E-state index contributed by atoms with van der Waals surface area (Å²) in [5.74, 6) is -2.97. The Morgan fingerprint density at radius 2 is 1.06 bits per heavy atom. The van der Waals surface area contributed by atoms with Crippen LogP contribution in [0.4, 0.5) is 0 Å². The molecule has 0 aromatic rings. The zero-order valence-corrected chi connectivity index (χ0v) is 39.7. The van der Waals surface area contributed by atoms with Crippen molar-refractivity contribution in [1.82, 2.24) is 16.0 Å². The normalized spacial score (nSPS) is 11.9. The fraction of sp³-hybridized carbons (Fsp3) is 0.851. The van der Waals surface area contributed by atoms with Gasteiger partial charge in [-0.05, 0) is 52.0 Å². The number of rotatable bonds is 47. The number of hydrogen-bond donors (Lipinski definition) is 6. The SMILES string of the molecule is CCC(=O)CCCOCCOCC(=O)NCCCC[C@H](NC)C(=O)CO.COCCOCCNC(=O)CC[C@H](CC(=O)CCCCCCCCCCCCCCCCC(=O)O)C(=O)O. The zero-order chi connectivity index (χ0) is 47.9. The molecule has 6 N–H and O–H groups in total. The Bertz CT molecular complexity index is 1210. The number of carbonyl (C=O) groups excluding carboxylic acids is 5. The molecule has 0 bridgehead atoms. The summed E-state index contributed by atoms with van der Waals surface area (Å²) in [5.41, 5.74) is 0. The molecule has 2 amide bonds. The second-order valence-electron chi connectivity index (χ2n) is 16.1. The predicted octanol–water partition coefficient (Wildman–Crippen LogP) is 5.75. The van der Waals surface area contributed by atoms with E-state index in [1.165, 1.54) is 51.4 Å². The molecule has 0 saturated heterocycles. The molecule has 0 aliphatic carbocycles. The van der Waals surface area contributed by atoms with Gasteiger partial charge >= 0.3 is 11.9 Å². The van der Waals surface area contributed by atoms with Gasteiger partial charge < -0.3 is 50.2 Å². The van der Waals surface area contributed by atoms with Crippen LogP contribution < -0.4 is 16.0 Å². The lowest BCUT2D eigenvalue weighted by molar-refractivity contribution is -0.144. The topological polar surface area (TPSA) is 253 Å². The maximum absolute atomic E-state index is 12.2. The molecule has 17 heteroatoms. The van der Waals surface area contributed by atoms with E-state index >= 15 is 0 Å². The molecule has 0 rings (SSSR count). The van der Waals surface area contributed by atoms with Crippen LogP contribution in [0.25, 0.3) is 0 Å². The molecule has 0 radical (unpaired) electrons. The van der Waals surface area contributed by atoms with E-state index in [0.717, 1.165) is 51.4 Å². The number of carbonyl (C=O) groups is 7. The first-order chi connectivity index (χ1) is 30.9. The summed E-state index contributed by atoms with van der Waals surface area (Å²) in [6.45, 7) is 4.83. The molecule has 0 aliphatic rings. The largest absolute Gasteiger partial charge is 0.481 e. The summed E-state index contributed by atoms with van der Waals surface area (Å²) in [5, 5.41) is 35.2. The number of amides is 2. The number of carboxylic acid groups (broad SMARTS) is 2. The van der Waals surface area contributed by atoms with Gasteiger partial charge in [0.15, 0.2) is 5.78 Å². The third-order valence-electron chi connectivity index (χ3n) is 10.5. The van der Waals surface area contributed by atoms with E-state index < -0.39 is 24.5 Å². The van der Waals surface area contributed by atoms with Gasteiger partial charge in [-0.25, -0.2) is 0 Å². The van der Waals surface area contributed by atoms with Crippen LogP contribution in [-0.2, 0) is 52.5 Å². The van der Waals surface area contributed by atoms with Crippen molar-refractivity contribution in [3.05, 3.63) is 0 Å². The van der Waals surface area contributed by atoms with Gasteiger partial charge in [0.2, 0.25) is 11.8 Å². The van der Waals surface area contributed by atoms with Gasteiger partial charge in [0, 0.05) is 65.3 Å². The first-order valence-electron chi connectivity index (χ1n) is 24.0. The highest BCUT2D eigenvalue weighted by atomic mass is 16.5. The number of Topliss-reactive ketones (excluding diaryl/α,β-unsaturated/α-hetero) is 3. The fourth-order valence-corrected chi connectivity index (χ4v) is 6.57. The minimum Gasteiger partial charge on any atom is -0.481 e. The number of unbranched alkanes of at least 4 members (excludes halogenated alkanes) is 14. The summed E-state index contributed by atoms with van der Waals surface area (Å²) >= 11 is 0. The van der Waals surface area contributed by atoms with Crippen LogP contribution in [0.3, 0.4) is 0 Å². The van der Waals surface area contributed by atoms with Crippen LogP contribution >= 0.6 is 0 Å². The number of methoxy groups -OCH3 is 1. The van der Waals surface area contributed by atoms with Crippen molar-refractivity contribution in [2.75, 3.05) is 80.1 Å². The molecular formula is C47H87N3O14. The number of aliphatic hydroxyl groups is 1. The lowest BCUT2D eigenvalue weighted by Crippen LogP contribution is -2.36. The number of likely N-dealkylation sites (N-methyl/N-ethyl adjacent to an activating group) is 1. The monoisotopic (exact) mass is 918 g/mol. The summed E-state index contributed by atoms with van der Waals surface area (Å²) < 4.78 is 20.7. The molecule has 0 fully saturated rings. The van der Waals surface area contributed by atoms with E-state index in [0.29, 0.717) is 84.8 Å². The zero-order valence-electron chi connectivity index (χ0n) is 39.7. The van der Waals surface area contributed by atoms with Crippen molar-refractivity contribution in [2.45, 2.75) is 173 Å². The molecule has 64 heavy (non-hydrogen) atoms. The highest BCUT2D eigenvalue weighted by molar-refractivity contribution is 5.85. The van der Waals surface area contributed by atoms with Crippen molar-refractivity contribution in [1.29, 1.82) is 0 Å². The molecule has 0 unspecified atom stereocenters. The van der Waals surface area contributed by atoms with Crippen molar-refractivity contribution in [3.8, 4) is 0 Å². The lowest BCUT2D eigenvalue weighted by atomic mass is 9.94. The van der Waals surface area contributed by atoms with Crippen molar-refractivity contribution in [3.63, 3.8) is 0 Å². The van der Waals surface area contributed by atoms with Crippen molar-refractivity contribution < 1.29 is 67.8 Å². The second kappa shape index (κ2) is 47.6. The number of ether oxygens (including phenoxy) is 4. The summed E-state index contributed by atoms with van der Waals surface area (Å²) in [4.78, 5) is 80.1. The highest BCUT2D eigenvalue weighted by Crippen LogP contribution is 2.17. The van der Waals surface area contributed by atoms with Gasteiger partial charge in [0.05, 0.1) is 45.0 Å². The van der Waals surface area contributed by atoms with Crippen LogP contribution in [-0.4, -0.2) is 143 Å². The second-order valence-corrected chi connectivity index (χ2v) is 16.1. The Morgan fingerprint density at radius 3 is 1.61 bits per heavy atom. The van der Waals surface area contributed by atoms with E-state index in [1.807, 2.05) is 6.92 Å². The molecule has 0 aromatic carbocycles. The van der Waals surface area contributed by atoms with E-state index in [4.69, 9.17) is 29.2 Å². The fourth-order valence-electron chi connectivity index (χ4n) is 6.57. The molecule has 17 nitrogen and oxygen atoms in total. The number of hydrogen-bond acceptors (Lipinski definition) is 13. The maximum Gasteiger partial charge on any atom is 0.306 e. The van der Waals surface area contributed by atoms with E-state index in [-0.39, 0.29) is 67.5 Å². The van der Waals surface area contributed by atoms with Crippen LogP contribution in [0, 0.1) is 5.92 Å². The van der Waals surface area contributed by atoms with Gasteiger partial charge in [-0.3, -0.25) is 33.6 Å². The Hall–Kier alpha value is -3.35. The molecule has 2 atom stereocenters. The number of aliphatic carboxylic acids is 2. The summed E-state index contributed by atoms with van der Waals surface area (Å²) in [7, 11) is 3.27. The third-order valence-corrected chi connectivity index (χ3v) is 10.5. The molecule has 0 aromatic heterocycles. The van der Waals surface area contributed by atoms with Gasteiger partial charge in [0.1, 0.15) is 24.8 Å². The van der Waals surface area contributed by atoms with Gasteiger partial charge in [-0.15, -0.1) is 0 Å². The Kier molecular flexibility index (Phi) is 46.7. The maximum atomic E-state index is 12.2. The van der Waals surface area contributed by atoms with Crippen LogP contribution in [0.1, 0.15) is 167 Å². The van der Waals surface area contributed by atoms with E-state index in [9.17, 15) is 38.7 Å². The van der Waals surface area contributed by atoms with Crippen LogP contribution in [0.5, 0.6) is 0 Å². The molecule has 374 valence electrons. The number of nitrogens with one attached hydrogen (secondary N) is 3. The first-order valence-corrected chi connectivity index (χ1v) is 24.0. The molecule has 0 spiro atoms. The van der Waals surface area contributed by atoms with Crippen LogP contribution in [0.2, 0.25) is 0 Å². The first kappa shape index (κ1) is 62.7. The third kappa shape index (κ3) is 45.2. The number of carboxylic acids is 2. The Balaban J connectivity index is 0. The average molecular weight is 918 g/mol. The average Bonchev–Trinajstić information content (AvgIpc) is 3.27. The van der Waals surface area contributed by atoms with Crippen LogP contribution in [0.15, 0.2) is 0 Å².